The van der Waals surface area contributed by atoms with E-state index in [1.807, 2.05) is 0 Å². The summed E-state index contributed by atoms with van der Waals surface area (Å²) >= 11 is 0. The maximum Gasteiger partial charge on any atom is 0.291 e. The molecule has 2 aromatic carbocycles. The number of halogens is 1. The molecule has 1 aliphatic rings. The van der Waals surface area contributed by atoms with Crippen molar-refractivity contribution in [2.45, 2.75) is 11.8 Å². The number of hydrogen-bond acceptors (Lipinski definition) is 6. The molecule has 0 bridgehead atoms. The summed E-state index contributed by atoms with van der Waals surface area (Å²) in [5.74, 6) is -0.752. The highest BCUT2D eigenvalue weighted by atomic mass is 32.2. The first-order valence-electron chi connectivity index (χ1n) is 9.57. The lowest BCUT2D eigenvalue weighted by Gasteiger charge is -2.26. The number of methoxy groups -OCH3 is 1. The summed E-state index contributed by atoms with van der Waals surface area (Å²) < 4.78 is 56.9. The van der Waals surface area contributed by atoms with Crippen molar-refractivity contribution in [3.8, 4) is 5.75 Å². The van der Waals surface area contributed by atoms with Crippen LogP contribution in [-0.4, -0.2) is 52.0 Å². The van der Waals surface area contributed by atoms with Gasteiger partial charge >= 0.3 is 0 Å². The van der Waals surface area contributed by atoms with Crippen LogP contribution in [0.1, 0.15) is 16.1 Å². The second kappa shape index (κ2) is 8.29. The van der Waals surface area contributed by atoms with Gasteiger partial charge in [-0.1, -0.05) is 0 Å². The van der Waals surface area contributed by atoms with Gasteiger partial charge in [0.15, 0.2) is 5.76 Å². The van der Waals surface area contributed by atoms with Crippen LogP contribution in [0.2, 0.25) is 0 Å². The molecule has 4 rings (SSSR count). The topological polar surface area (TPSA) is 98.1 Å². The molecule has 0 saturated carbocycles. The van der Waals surface area contributed by atoms with Crippen LogP contribution in [0.5, 0.6) is 5.75 Å². The molecule has 1 fully saturated rings. The Balaban J connectivity index is 1.67. The van der Waals surface area contributed by atoms with Crippen molar-refractivity contribution >= 4 is 32.6 Å². The number of nitrogens with zero attached hydrogens (tertiary/aromatic N) is 1. The Morgan fingerprint density at radius 1 is 1.16 bits per heavy atom. The SMILES string of the molecule is COc1ccc(S(=O)(=O)N2CCOCC2)cc1NC(=O)c1oc2ccc(F)cc2c1C. The van der Waals surface area contributed by atoms with E-state index >= 15 is 0 Å². The first-order chi connectivity index (χ1) is 14.8. The molecule has 0 atom stereocenters. The molecule has 1 aliphatic heterocycles. The van der Waals surface area contributed by atoms with E-state index < -0.39 is 21.7 Å². The second-order valence-corrected chi connectivity index (χ2v) is 8.97. The van der Waals surface area contributed by atoms with Gasteiger partial charge in [-0.05, 0) is 43.3 Å². The molecule has 8 nitrogen and oxygen atoms in total. The minimum absolute atomic E-state index is 0.00379. The Bertz CT molecular complexity index is 1250. The van der Waals surface area contributed by atoms with Crippen LogP contribution in [0.3, 0.4) is 0 Å². The van der Waals surface area contributed by atoms with Gasteiger partial charge in [0.1, 0.15) is 17.1 Å². The fraction of sp³-hybridized carbons (Fsp3) is 0.286. The number of fused-ring (bicyclic) bond motifs is 1. The van der Waals surface area contributed by atoms with Gasteiger partial charge in [0.05, 0.1) is 30.9 Å². The third kappa shape index (κ3) is 4.01. The lowest BCUT2D eigenvalue weighted by Crippen LogP contribution is -2.40. The summed E-state index contributed by atoms with van der Waals surface area (Å²) in [5.41, 5.74) is 1.02. The summed E-state index contributed by atoms with van der Waals surface area (Å²) in [6.45, 7) is 2.81. The maximum absolute atomic E-state index is 13.6. The molecule has 1 saturated heterocycles. The number of anilines is 1. The Kier molecular flexibility index (Phi) is 5.69. The third-order valence-electron chi connectivity index (χ3n) is 5.13. The van der Waals surface area contributed by atoms with Gasteiger partial charge in [0.25, 0.3) is 5.91 Å². The molecular weight excluding hydrogens is 427 g/mol. The molecule has 0 unspecified atom stereocenters. The Morgan fingerprint density at radius 2 is 1.90 bits per heavy atom. The van der Waals surface area contributed by atoms with Gasteiger partial charge in [0, 0.05) is 24.0 Å². The summed E-state index contributed by atoms with van der Waals surface area (Å²) in [7, 11) is -2.35. The van der Waals surface area contributed by atoms with Crippen LogP contribution in [0.4, 0.5) is 10.1 Å². The second-order valence-electron chi connectivity index (χ2n) is 7.03. The van der Waals surface area contributed by atoms with Gasteiger partial charge in [-0.15, -0.1) is 0 Å². The lowest BCUT2D eigenvalue weighted by atomic mass is 10.1. The fourth-order valence-electron chi connectivity index (χ4n) is 3.47. The zero-order chi connectivity index (χ0) is 22.2. The smallest absolute Gasteiger partial charge is 0.291 e. The van der Waals surface area contributed by atoms with Crippen molar-refractivity contribution in [2.24, 2.45) is 0 Å². The van der Waals surface area contributed by atoms with E-state index in [-0.39, 0.29) is 35.2 Å². The highest BCUT2D eigenvalue weighted by molar-refractivity contribution is 7.89. The molecule has 0 radical (unpaired) electrons. The number of morpholine rings is 1. The molecule has 1 N–H and O–H groups in total. The van der Waals surface area contributed by atoms with Crippen LogP contribution in [-0.2, 0) is 14.8 Å². The minimum atomic E-state index is -3.76. The average molecular weight is 448 g/mol. The molecule has 1 aromatic heterocycles. The number of hydrogen-bond donors (Lipinski definition) is 1. The number of aryl methyl sites for hydroxylation is 1. The summed E-state index contributed by atoms with van der Waals surface area (Å²) in [4.78, 5) is 12.9. The zero-order valence-corrected chi connectivity index (χ0v) is 17.8. The largest absolute Gasteiger partial charge is 0.495 e. The van der Waals surface area contributed by atoms with Crippen LogP contribution in [0.25, 0.3) is 11.0 Å². The molecule has 0 aliphatic carbocycles. The molecule has 1 amide bonds. The molecule has 164 valence electrons. The van der Waals surface area contributed by atoms with E-state index in [1.54, 1.807) is 6.92 Å². The third-order valence-corrected chi connectivity index (χ3v) is 7.03. The number of ether oxygens (including phenoxy) is 2. The zero-order valence-electron chi connectivity index (χ0n) is 17.0. The monoisotopic (exact) mass is 448 g/mol. The lowest BCUT2D eigenvalue weighted by molar-refractivity contribution is 0.0730. The highest BCUT2D eigenvalue weighted by Gasteiger charge is 2.28. The van der Waals surface area contributed by atoms with Crippen molar-refractivity contribution in [1.82, 2.24) is 4.31 Å². The van der Waals surface area contributed by atoms with Crippen molar-refractivity contribution in [1.29, 1.82) is 0 Å². The van der Waals surface area contributed by atoms with Crippen LogP contribution in [0, 0.1) is 12.7 Å². The number of carbonyl (C=O) groups is 1. The van der Waals surface area contributed by atoms with Crippen molar-refractivity contribution in [3.05, 3.63) is 53.5 Å². The van der Waals surface area contributed by atoms with Gasteiger partial charge in [-0.3, -0.25) is 4.79 Å². The fourth-order valence-corrected chi connectivity index (χ4v) is 4.90. The summed E-state index contributed by atoms with van der Waals surface area (Å²) in [6.07, 6.45) is 0. The van der Waals surface area contributed by atoms with Crippen LogP contribution >= 0.6 is 0 Å². The van der Waals surface area contributed by atoms with Crippen molar-refractivity contribution < 1.29 is 31.5 Å². The summed E-state index contributed by atoms with van der Waals surface area (Å²) in [6, 6.07) is 8.24. The number of amides is 1. The van der Waals surface area contributed by atoms with E-state index in [0.29, 0.717) is 29.7 Å². The van der Waals surface area contributed by atoms with E-state index in [1.165, 1.54) is 47.8 Å². The van der Waals surface area contributed by atoms with E-state index in [2.05, 4.69) is 5.32 Å². The number of rotatable bonds is 5. The van der Waals surface area contributed by atoms with Gasteiger partial charge in [-0.25, -0.2) is 12.8 Å². The van der Waals surface area contributed by atoms with E-state index in [0.717, 1.165) is 0 Å². The van der Waals surface area contributed by atoms with Gasteiger partial charge in [-0.2, -0.15) is 4.31 Å². The predicted molar refractivity (Wildman–Crippen MR) is 111 cm³/mol. The first kappa shape index (κ1) is 21.3. The summed E-state index contributed by atoms with van der Waals surface area (Å²) in [5, 5.41) is 3.14. The molecule has 3 aromatic rings. The maximum atomic E-state index is 13.6. The molecular formula is C21H21FN2O6S. The number of sulfonamides is 1. The molecule has 2 heterocycles. The molecule has 31 heavy (non-hydrogen) atoms. The Labute approximate surface area is 178 Å². The standard InChI is InChI=1S/C21H21FN2O6S/c1-13-16-11-14(22)3-5-18(16)30-20(13)21(25)23-17-12-15(4-6-19(17)28-2)31(26,27)24-7-9-29-10-8-24/h3-6,11-12H,7-10H2,1-2H3,(H,23,25). The van der Waals surface area contributed by atoms with Crippen molar-refractivity contribution in [3.63, 3.8) is 0 Å². The van der Waals surface area contributed by atoms with E-state index in [4.69, 9.17) is 13.9 Å². The first-order valence-corrected chi connectivity index (χ1v) is 11.0. The minimum Gasteiger partial charge on any atom is -0.495 e. The number of carbonyl (C=O) groups excluding carboxylic acids is 1. The van der Waals surface area contributed by atoms with Gasteiger partial charge < -0.3 is 19.2 Å². The quantitative estimate of drug-likeness (QED) is 0.644. The van der Waals surface area contributed by atoms with Crippen molar-refractivity contribution in [2.75, 3.05) is 38.7 Å². The van der Waals surface area contributed by atoms with Crippen LogP contribution in [0.15, 0.2) is 45.7 Å². The predicted octanol–water partition coefficient (Wildman–Crippen LogP) is 3.16. The average Bonchev–Trinajstić information content (AvgIpc) is 3.10. The van der Waals surface area contributed by atoms with E-state index in [9.17, 15) is 17.6 Å². The number of furan rings is 1. The molecule has 0 spiro atoms. The van der Waals surface area contributed by atoms with Gasteiger partial charge in [0.2, 0.25) is 10.0 Å². The molecule has 10 heteroatoms. The Hall–Kier alpha value is -2.95. The normalized spacial score (nSPS) is 15.2. The highest BCUT2D eigenvalue weighted by Crippen LogP contribution is 2.31. The number of benzene rings is 2. The number of nitrogens with one attached hydrogen (secondary N) is 1. The Morgan fingerprint density at radius 3 is 2.61 bits per heavy atom. The van der Waals surface area contributed by atoms with Crippen LogP contribution < -0.4 is 10.1 Å².